The van der Waals surface area contributed by atoms with E-state index in [1.807, 2.05) is 20.8 Å². The third kappa shape index (κ3) is 5.65. The predicted octanol–water partition coefficient (Wildman–Crippen LogP) is 5.10. The molecule has 2 amide bonds. The number of hydrogen-bond donors (Lipinski definition) is 0. The van der Waals surface area contributed by atoms with Crippen LogP contribution in [0.4, 0.5) is 22.4 Å². The number of halogens is 4. The van der Waals surface area contributed by atoms with Crippen LogP contribution < -0.4 is 0 Å². The molecule has 0 spiro atoms. The van der Waals surface area contributed by atoms with Crippen molar-refractivity contribution in [3.05, 3.63) is 70.8 Å². The molecule has 0 saturated carbocycles. The standard InChI is InChI=1S/C28H33F4N3O3/c1-28(2,3)34-15-21(19-7-5-17(29)13-23(19)31)22(16-34)26(36)33-10-9-25(35(12-11-33)27(37)38-4)20-8-6-18(30)14-24(20)32/h5-8,13-14,21-22,25H,9-12,15-16H2,1-4H3/t21-,22+,25?/m0/s1. The molecule has 0 N–H and O–H groups in total. The van der Waals surface area contributed by atoms with Gasteiger partial charge in [0.25, 0.3) is 0 Å². The quantitative estimate of drug-likeness (QED) is 0.514. The lowest BCUT2D eigenvalue weighted by Crippen LogP contribution is -2.43. The molecule has 0 bridgehead atoms. The third-order valence-electron chi connectivity index (χ3n) is 7.65. The van der Waals surface area contributed by atoms with E-state index >= 15 is 0 Å². The van der Waals surface area contributed by atoms with E-state index in [0.717, 1.165) is 18.2 Å². The molecule has 2 aromatic rings. The molecule has 3 atom stereocenters. The highest BCUT2D eigenvalue weighted by atomic mass is 19.1. The first-order valence-corrected chi connectivity index (χ1v) is 12.7. The fourth-order valence-corrected chi connectivity index (χ4v) is 5.53. The lowest BCUT2D eigenvalue weighted by Gasteiger charge is -2.32. The van der Waals surface area contributed by atoms with Gasteiger partial charge in [0, 0.05) is 61.9 Å². The lowest BCUT2D eigenvalue weighted by atomic mass is 9.87. The summed E-state index contributed by atoms with van der Waals surface area (Å²) in [4.78, 5) is 31.6. The first-order valence-electron chi connectivity index (χ1n) is 12.7. The van der Waals surface area contributed by atoms with Gasteiger partial charge in [-0.2, -0.15) is 0 Å². The van der Waals surface area contributed by atoms with E-state index in [4.69, 9.17) is 4.74 Å². The zero-order chi connectivity index (χ0) is 27.8. The van der Waals surface area contributed by atoms with Crippen molar-refractivity contribution in [2.75, 3.05) is 39.8 Å². The summed E-state index contributed by atoms with van der Waals surface area (Å²) in [5.74, 6) is -4.20. The fraction of sp³-hybridized carbons (Fsp3) is 0.500. The highest BCUT2D eigenvalue weighted by Crippen LogP contribution is 2.39. The average molecular weight is 536 g/mol. The highest BCUT2D eigenvalue weighted by Gasteiger charge is 2.45. The smallest absolute Gasteiger partial charge is 0.410 e. The summed E-state index contributed by atoms with van der Waals surface area (Å²) in [7, 11) is 1.22. The molecule has 6 nitrogen and oxygen atoms in total. The Labute approximate surface area is 220 Å². The molecule has 0 radical (unpaired) electrons. The van der Waals surface area contributed by atoms with Crippen LogP contribution >= 0.6 is 0 Å². The molecule has 2 aliphatic heterocycles. The summed E-state index contributed by atoms with van der Waals surface area (Å²) in [6, 6.07) is 5.86. The number of methoxy groups -OCH3 is 1. The van der Waals surface area contributed by atoms with Crippen molar-refractivity contribution in [2.24, 2.45) is 5.92 Å². The van der Waals surface area contributed by atoms with Crippen molar-refractivity contribution in [3.63, 3.8) is 0 Å². The van der Waals surface area contributed by atoms with Gasteiger partial charge in [-0.25, -0.2) is 22.4 Å². The number of likely N-dealkylation sites (tertiary alicyclic amines) is 1. The van der Waals surface area contributed by atoms with Crippen molar-refractivity contribution < 1.29 is 31.9 Å². The molecule has 1 unspecified atom stereocenters. The van der Waals surface area contributed by atoms with Crippen LogP contribution in [0.2, 0.25) is 0 Å². The van der Waals surface area contributed by atoms with Crippen LogP contribution in [-0.2, 0) is 9.53 Å². The van der Waals surface area contributed by atoms with Gasteiger partial charge in [-0.3, -0.25) is 14.6 Å². The first kappa shape index (κ1) is 27.9. The topological polar surface area (TPSA) is 53.1 Å². The zero-order valence-electron chi connectivity index (χ0n) is 22.0. The second-order valence-electron chi connectivity index (χ2n) is 10.9. The van der Waals surface area contributed by atoms with Gasteiger partial charge in [-0.05, 0) is 44.9 Å². The Morgan fingerprint density at radius 3 is 2.03 bits per heavy atom. The Kier molecular flexibility index (Phi) is 8.01. The third-order valence-corrected chi connectivity index (χ3v) is 7.65. The van der Waals surface area contributed by atoms with Crippen LogP contribution in [-0.4, -0.2) is 72.1 Å². The van der Waals surface area contributed by atoms with Gasteiger partial charge >= 0.3 is 6.09 Å². The molecule has 38 heavy (non-hydrogen) atoms. The zero-order valence-corrected chi connectivity index (χ0v) is 22.0. The number of ether oxygens (including phenoxy) is 1. The maximum absolute atomic E-state index is 14.9. The molecule has 4 rings (SSSR count). The van der Waals surface area contributed by atoms with E-state index in [-0.39, 0.29) is 48.6 Å². The molecule has 2 aromatic carbocycles. The Bertz CT molecular complexity index is 1200. The van der Waals surface area contributed by atoms with E-state index in [1.54, 1.807) is 4.90 Å². The van der Waals surface area contributed by atoms with Crippen LogP contribution in [0.3, 0.4) is 0 Å². The Balaban J connectivity index is 1.62. The minimum absolute atomic E-state index is 0.0746. The van der Waals surface area contributed by atoms with E-state index in [1.165, 1.54) is 30.2 Å². The minimum Gasteiger partial charge on any atom is -0.453 e. The van der Waals surface area contributed by atoms with Crippen LogP contribution in [0, 0.1) is 29.2 Å². The van der Waals surface area contributed by atoms with E-state index in [9.17, 15) is 27.2 Å². The second kappa shape index (κ2) is 10.9. The van der Waals surface area contributed by atoms with Crippen LogP contribution in [0.1, 0.15) is 50.3 Å². The van der Waals surface area contributed by atoms with Crippen LogP contribution in [0.25, 0.3) is 0 Å². The van der Waals surface area contributed by atoms with E-state index in [0.29, 0.717) is 13.1 Å². The number of hydrogen-bond acceptors (Lipinski definition) is 4. The Hall–Kier alpha value is -3.14. The molecule has 10 heteroatoms. The van der Waals surface area contributed by atoms with Crippen molar-refractivity contribution >= 4 is 12.0 Å². The van der Waals surface area contributed by atoms with Gasteiger partial charge in [0.05, 0.1) is 19.1 Å². The van der Waals surface area contributed by atoms with Gasteiger partial charge < -0.3 is 9.64 Å². The van der Waals surface area contributed by atoms with Crippen molar-refractivity contribution in [2.45, 2.75) is 44.7 Å². The summed E-state index contributed by atoms with van der Waals surface area (Å²) in [5, 5.41) is 0. The SMILES string of the molecule is COC(=O)N1CCN(C(=O)[C@@H]2CN(C(C)(C)C)C[C@H]2c2ccc(F)cc2F)CCC1c1ccc(F)cc1F. The maximum Gasteiger partial charge on any atom is 0.410 e. The molecule has 0 aromatic heterocycles. The summed E-state index contributed by atoms with van der Waals surface area (Å²) in [6.07, 6.45) is -0.478. The van der Waals surface area contributed by atoms with Crippen molar-refractivity contribution in [1.29, 1.82) is 0 Å². The van der Waals surface area contributed by atoms with Crippen molar-refractivity contribution in [3.8, 4) is 0 Å². The van der Waals surface area contributed by atoms with Crippen LogP contribution in [0.15, 0.2) is 36.4 Å². The molecular formula is C28H33F4N3O3. The predicted molar refractivity (Wildman–Crippen MR) is 133 cm³/mol. The summed E-state index contributed by atoms with van der Waals surface area (Å²) < 4.78 is 61.7. The first-order chi connectivity index (χ1) is 17.9. The number of carbonyl (C=O) groups excluding carboxylic acids is 2. The van der Waals surface area contributed by atoms with Gasteiger partial charge in [0.15, 0.2) is 0 Å². The highest BCUT2D eigenvalue weighted by molar-refractivity contribution is 5.81. The van der Waals surface area contributed by atoms with Crippen molar-refractivity contribution in [1.82, 2.24) is 14.7 Å². The molecule has 2 aliphatic rings. The Morgan fingerprint density at radius 1 is 0.868 bits per heavy atom. The average Bonchev–Trinajstić information content (AvgIpc) is 3.18. The van der Waals surface area contributed by atoms with Gasteiger partial charge in [-0.1, -0.05) is 12.1 Å². The fourth-order valence-electron chi connectivity index (χ4n) is 5.53. The number of amides is 2. The van der Waals surface area contributed by atoms with Gasteiger partial charge in [0.1, 0.15) is 23.3 Å². The molecule has 2 fully saturated rings. The molecular weight excluding hydrogens is 502 g/mol. The maximum atomic E-state index is 14.9. The largest absolute Gasteiger partial charge is 0.453 e. The molecule has 2 heterocycles. The van der Waals surface area contributed by atoms with E-state index in [2.05, 4.69) is 4.90 Å². The lowest BCUT2D eigenvalue weighted by molar-refractivity contribution is -0.135. The monoisotopic (exact) mass is 535 g/mol. The summed E-state index contributed by atoms with van der Waals surface area (Å²) in [6.45, 7) is 7.30. The summed E-state index contributed by atoms with van der Waals surface area (Å²) >= 11 is 0. The number of rotatable bonds is 3. The van der Waals surface area contributed by atoms with E-state index < -0.39 is 47.2 Å². The summed E-state index contributed by atoms with van der Waals surface area (Å²) in [5.41, 5.74) is 0.140. The van der Waals surface area contributed by atoms with Gasteiger partial charge in [-0.15, -0.1) is 0 Å². The number of carbonyl (C=O) groups is 2. The van der Waals surface area contributed by atoms with Gasteiger partial charge in [0.2, 0.25) is 5.91 Å². The number of nitrogens with zero attached hydrogens (tertiary/aromatic N) is 3. The molecule has 2 saturated heterocycles. The second-order valence-corrected chi connectivity index (χ2v) is 10.9. The number of benzene rings is 2. The minimum atomic E-state index is -0.785. The van der Waals surface area contributed by atoms with Crippen LogP contribution in [0.5, 0.6) is 0 Å². The molecule has 0 aliphatic carbocycles. The normalized spacial score (nSPS) is 22.9. The Morgan fingerprint density at radius 2 is 1.47 bits per heavy atom. The molecule has 206 valence electrons.